The highest BCUT2D eigenvalue weighted by atomic mass is 19.1. The normalized spacial score (nSPS) is 12.0. The molecule has 0 saturated carbocycles. The number of nitrogens with one attached hydrogen (secondary N) is 1. The van der Waals surface area contributed by atoms with Gasteiger partial charge in [0, 0.05) is 6.07 Å². The van der Waals surface area contributed by atoms with Crippen LogP contribution in [0, 0.1) is 5.82 Å². The van der Waals surface area contributed by atoms with Crippen molar-refractivity contribution in [3.05, 3.63) is 24.0 Å². The molecule has 0 saturated heterocycles. The number of methoxy groups -OCH3 is 1. The van der Waals surface area contributed by atoms with Gasteiger partial charge in [-0.25, -0.2) is 4.39 Å². The minimum absolute atomic E-state index is 0.280. The molecule has 0 unspecified atom stereocenters. The summed E-state index contributed by atoms with van der Waals surface area (Å²) in [5, 5.41) is 2.62. The van der Waals surface area contributed by atoms with E-state index in [-0.39, 0.29) is 11.7 Å². The van der Waals surface area contributed by atoms with Crippen LogP contribution in [-0.4, -0.2) is 19.1 Å². The van der Waals surface area contributed by atoms with E-state index in [1.54, 1.807) is 0 Å². The molecule has 0 aliphatic carbocycles. The first-order valence-electron chi connectivity index (χ1n) is 5.48. The lowest BCUT2D eigenvalue weighted by atomic mass is 10.1. The maximum absolute atomic E-state index is 12.9. The van der Waals surface area contributed by atoms with Gasteiger partial charge in [0.2, 0.25) is 5.91 Å². The average Bonchev–Trinajstić information content (AvgIpc) is 2.31. The molecule has 3 N–H and O–H groups in total. The summed E-state index contributed by atoms with van der Waals surface area (Å²) in [5.74, 6) is -0.434. The molecule has 1 aromatic carbocycles. The Kier molecular flexibility index (Phi) is 4.90. The van der Waals surface area contributed by atoms with E-state index < -0.39 is 11.9 Å². The third-order valence-corrected chi connectivity index (χ3v) is 2.36. The summed E-state index contributed by atoms with van der Waals surface area (Å²) < 4.78 is 17.9. The van der Waals surface area contributed by atoms with Crippen molar-refractivity contribution in [3.63, 3.8) is 0 Å². The molecule has 0 bridgehead atoms. The van der Waals surface area contributed by atoms with Crippen LogP contribution in [0.15, 0.2) is 18.2 Å². The van der Waals surface area contributed by atoms with E-state index in [0.29, 0.717) is 12.1 Å². The minimum atomic E-state index is -0.560. The number of anilines is 1. The second-order valence-electron chi connectivity index (χ2n) is 3.73. The van der Waals surface area contributed by atoms with E-state index in [4.69, 9.17) is 10.5 Å². The fraction of sp³-hybridized carbons (Fsp3) is 0.417. The molecule has 1 amide bonds. The van der Waals surface area contributed by atoms with Gasteiger partial charge in [-0.05, 0) is 18.6 Å². The van der Waals surface area contributed by atoms with Crippen LogP contribution in [-0.2, 0) is 4.79 Å². The molecule has 4 nitrogen and oxygen atoms in total. The molecule has 0 fully saturated rings. The highest BCUT2D eigenvalue weighted by Gasteiger charge is 2.14. The lowest BCUT2D eigenvalue weighted by Crippen LogP contribution is -2.35. The molecule has 94 valence electrons. The van der Waals surface area contributed by atoms with Crippen molar-refractivity contribution in [1.82, 2.24) is 0 Å². The van der Waals surface area contributed by atoms with E-state index >= 15 is 0 Å². The number of hydrogen-bond acceptors (Lipinski definition) is 3. The molecular weight excluding hydrogens is 223 g/mol. The molecule has 1 atom stereocenters. The monoisotopic (exact) mass is 240 g/mol. The third-order valence-electron chi connectivity index (χ3n) is 2.36. The number of carbonyl (C=O) groups is 1. The van der Waals surface area contributed by atoms with Crippen molar-refractivity contribution in [2.24, 2.45) is 5.73 Å². The lowest BCUT2D eigenvalue weighted by molar-refractivity contribution is -0.117. The van der Waals surface area contributed by atoms with Gasteiger partial charge >= 0.3 is 0 Å². The third kappa shape index (κ3) is 3.71. The van der Waals surface area contributed by atoms with Gasteiger partial charge in [-0.1, -0.05) is 13.3 Å². The van der Waals surface area contributed by atoms with Crippen LogP contribution in [0.3, 0.4) is 0 Å². The summed E-state index contributed by atoms with van der Waals surface area (Å²) in [6.07, 6.45) is 1.44. The summed E-state index contributed by atoms with van der Waals surface area (Å²) >= 11 is 0. The Bertz CT molecular complexity index is 396. The molecule has 1 rings (SSSR count). The number of nitrogens with two attached hydrogens (primary N) is 1. The number of hydrogen-bond donors (Lipinski definition) is 2. The van der Waals surface area contributed by atoms with Crippen LogP contribution in [0.25, 0.3) is 0 Å². The van der Waals surface area contributed by atoms with Gasteiger partial charge in [-0.15, -0.1) is 0 Å². The Balaban J connectivity index is 2.77. The zero-order chi connectivity index (χ0) is 12.8. The van der Waals surface area contributed by atoms with Crippen molar-refractivity contribution < 1.29 is 13.9 Å². The quantitative estimate of drug-likeness (QED) is 0.826. The molecule has 0 aliphatic rings. The number of amides is 1. The molecule has 1 aromatic rings. The van der Waals surface area contributed by atoms with E-state index in [9.17, 15) is 9.18 Å². The van der Waals surface area contributed by atoms with Gasteiger partial charge in [0.15, 0.2) is 0 Å². The van der Waals surface area contributed by atoms with Gasteiger partial charge < -0.3 is 15.8 Å². The Morgan fingerprint density at radius 3 is 2.88 bits per heavy atom. The number of ether oxygens (including phenoxy) is 1. The number of rotatable bonds is 5. The van der Waals surface area contributed by atoms with Crippen molar-refractivity contribution in [2.45, 2.75) is 25.8 Å². The second-order valence-corrected chi connectivity index (χ2v) is 3.73. The van der Waals surface area contributed by atoms with E-state index in [1.165, 1.54) is 25.3 Å². The van der Waals surface area contributed by atoms with Gasteiger partial charge in [0.25, 0.3) is 0 Å². The van der Waals surface area contributed by atoms with Crippen molar-refractivity contribution >= 4 is 11.6 Å². The van der Waals surface area contributed by atoms with Crippen LogP contribution in [0.4, 0.5) is 10.1 Å². The van der Waals surface area contributed by atoms with Crippen LogP contribution in [0.5, 0.6) is 5.75 Å². The number of carbonyl (C=O) groups excluding carboxylic acids is 1. The van der Waals surface area contributed by atoms with Crippen molar-refractivity contribution in [3.8, 4) is 5.75 Å². The van der Waals surface area contributed by atoms with E-state index in [1.807, 2.05) is 6.92 Å². The van der Waals surface area contributed by atoms with Crippen molar-refractivity contribution in [1.29, 1.82) is 0 Å². The summed E-state index contributed by atoms with van der Waals surface area (Å²) in [6, 6.07) is 3.35. The Morgan fingerprint density at radius 1 is 1.59 bits per heavy atom. The smallest absolute Gasteiger partial charge is 0.241 e. The highest BCUT2D eigenvalue weighted by Crippen LogP contribution is 2.25. The molecule has 0 heterocycles. The van der Waals surface area contributed by atoms with Crippen LogP contribution >= 0.6 is 0 Å². The minimum Gasteiger partial charge on any atom is -0.494 e. The van der Waals surface area contributed by atoms with Gasteiger partial charge in [0.1, 0.15) is 11.6 Å². The highest BCUT2D eigenvalue weighted by molar-refractivity contribution is 5.95. The van der Waals surface area contributed by atoms with Crippen molar-refractivity contribution in [2.75, 3.05) is 12.4 Å². The molecule has 0 radical (unpaired) electrons. The Labute approximate surface area is 100.0 Å². The van der Waals surface area contributed by atoms with Gasteiger partial charge in [0.05, 0.1) is 18.8 Å². The number of halogens is 1. The molecule has 5 heteroatoms. The first-order valence-corrected chi connectivity index (χ1v) is 5.48. The standard InChI is InChI=1S/C12H17FN2O2/c1-3-4-9(14)12(16)15-10-6-5-8(13)7-11(10)17-2/h5-7,9H,3-4,14H2,1-2H3,(H,15,16)/t9-/m1/s1. The van der Waals surface area contributed by atoms with E-state index in [0.717, 1.165) is 6.42 Å². The fourth-order valence-corrected chi connectivity index (χ4v) is 1.44. The summed E-state index contributed by atoms with van der Waals surface area (Å²) in [4.78, 5) is 11.7. The fourth-order valence-electron chi connectivity index (χ4n) is 1.44. The maximum Gasteiger partial charge on any atom is 0.241 e. The Hall–Kier alpha value is -1.62. The van der Waals surface area contributed by atoms with Crippen LogP contribution in [0.1, 0.15) is 19.8 Å². The largest absolute Gasteiger partial charge is 0.494 e. The zero-order valence-corrected chi connectivity index (χ0v) is 10.00. The summed E-state index contributed by atoms with van der Waals surface area (Å²) in [7, 11) is 1.41. The summed E-state index contributed by atoms with van der Waals surface area (Å²) in [6.45, 7) is 1.95. The van der Waals surface area contributed by atoms with Gasteiger partial charge in [-0.2, -0.15) is 0 Å². The second kappa shape index (κ2) is 6.20. The Morgan fingerprint density at radius 2 is 2.29 bits per heavy atom. The predicted octanol–water partition coefficient (Wildman–Crippen LogP) is 1.90. The topological polar surface area (TPSA) is 64.4 Å². The number of benzene rings is 1. The lowest BCUT2D eigenvalue weighted by Gasteiger charge is -2.13. The molecule has 17 heavy (non-hydrogen) atoms. The molecule has 0 spiro atoms. The van der Waals surface area contributed by atoms with Crippen LogP contribution in [0.2, 0.25) is 0 Å². The zero-order valence-electron chi connectivity index (χ0n) is 10.00. The summed E-state index contributed by atoms with van der Waals surface area (Å²) in [5.41, 5.74) is 6.09. The molecular formula is C12H17FN2O2. The molecule has 0 aromatic heterocycles. The van der Waals surface area contributed by atoms with Gasteiger partial charge in [-0.3, -0.25) is 4.79 Å². The maximum atomic E-state index is 12.9. The SMILES string of the molecule is CCC[C@@H](N)C(=O)Nc1ccc(F)cc1OC. The predicted molar refractivity (Wildman–Crippen MR) is 64.5 cm³/mol. The van der Waals surface area contributed by atoms with Crippen LogP contribution < -0.4 is 15.8 Å². The van der Waals surface area contributed by atoms with E-state index in [2.05, 4.69) is 5.32 Å². The molecule has 0 aliphatic heterocycles. The first-order chi connectivity index (χ1) is 8.08. The first kappa shape index (κ1) is 13.4. The average molecular weight is 240 g/mol.